The number of nitrogens with zero attached hydrogens (tertiary/aromatic N) is 4. The Labute approximate surface area is 178 Å². The molecule has 0 N–H and O–H groups in total. The SMILES string of the molecule is O=C(Oc1ccccc1)c1ncn2c(=O)c3c(C(=O)Oc4ccccc4)ncn3c(=O)c12. The lowest BCUT2D eigenvalue weighted by Crippen LogP contribution is -2.28. The van der Waals surface area contributed by atoms with Crippen molar-refractivity contribution in [3.8, 4) is 11.5 Å². The average molecular weight is 428 g/mol. The summed E-state index contributed by atoms with van der Waals surface area (Å²) in [5, 5.41) is 0. The molecule has 3 aromatic heterocycles. The number of benzene rings is 2. The topological polar surface area (TPSA) is 121 Å². The van der Waals surface area contributed by atoms with Gasteiger partial charge in [-0.1, -0.05) is 36.4 Å². The van der Waals surface area contributed by atoms with E-state index in [1.54, 1.807) is 60.7 Å². The number of rotatable bonds is 4. The summed E-state index contributed by atoms with van der Waals surface area (Å²) >= 11 is 0. The zero-order valence-electron chi connectivity index (χ0n) is 16.2. The first-order valence-electron chi connectivity index (χ1n) is 9.33. The van der Waals surface area contributed by atoms with Crippen molar-refractivity contribution in [3.05, 3.63) is 105 Å². The number of hydrogen-bond acceptors (Lipinski definition) is 8. The van der Waals surface area contributed by atoms with Crippen molar-refractivity contribution < 1.29 is 19.1 Å². The Morgan fingerprint density at radius 1 is 0.625 bits per heavy atom. The third-order valence-electron chi connectivity index (χ3n) is 4.67. The lowest BCUT2D eigenvalue weighted by atomic mass is 10.3. The maximum atomic E-state index is 13.0. The molecule has 0 aliphatic carbocycles. The van der Waals surface area contributed by atoms with Crippen molar-refractivity contribution in [3.63, 3.8) is 0 Å². The van der Waals surface area contributed by atoms with Gasteiger partial charge in [0.05, 0.1) is 0 Å². The van der Waals surface area contributed by atoms with E-state index in [0.29, 0.717) is 0 Å². The predicted octanol–water partition coefficient (Wildman–Crippen LogP) is 1.58. The molecule has 156 valence electrons. The fraction of sp³-hybridized carbons (Fsp3) is 0. The fourth-order valence-electron chi connectivity index (χ4n) is 3.23. The number of aromatic nitrogens is 4. The highest BCUT2D eigenvalue weighted by Gasteiger charge is 2.26. The van der Waals surface area contributed by atoms with Crippen LogP contribution < -0.4 is 20.6 Å². The number of hydrogen-bond donors (Lipinski definition) is 0. The molecule has 0 saturated carbocycles. The summed E-state index contributed by atoms with van der Waals surface area (Å²) in [5.74, 6) is -1.30. The van der Waals surface area contributed by atoms with Crippen LogP contribution in [0.15, 0.2) is 82.9 Å². The van der Waals surface area contributed by atoms with Crippen molar-refractivity contribution in [2.75, 3.05) is 0 Å². The molecule has 5 aromatic rings. The first kappa shape index (κ1) is 19.1. The lowest BCUT2D eigenvalue weighted by molar-refractivity contribution is 0.0721. The van der Waals surface area contributed by atoms with Gasteiger partial charge in [0, 0.05) is 0 Å². The molecule has 0 radical (unpaired) electrons. The minimum Gasteiger partial charge on any atom is -0.422 e. The Balaban J connectivity index is 1.60. The molecule has 0 aliphatic rings. The van der Waals surface area contributed by atoms with Crippen LogP contribution in [0.4, 0.5) is 0 Å². The highest BCUT2D eigenvalue weighted by atomic mass is 16.5. The van der Waals surface area contributed by atoms with Gasteiger partial charge < -0.3 is 9.47 Å². The zero-order chi connectivity index (χ0) is 22.2. The largest absolute Gasteiger partial charge is 0.422 e. The number of carbonyl (C=O) groups excluding carboxylic acids is 2. The van der Waals surface area contributed by atoms with E-state index in [-0.39, 0.29) is 33.9 Å². The maximum absolute atomic E-state index is 13.0. The third-order valence-corrected chi connectivity index (χ3v) is 4.67. The van der Waals surface area contributed by atoms with E-state index in [1.165, 1.54) is 0 Å². The number of ether oxygens (including phenoxy) is 2. The standard InChI is InChI=1S/C22H12N4O6/c27-19-17-15(21(29)31-13-7-3-1-4-8-13)23-11-25(17)20(28)18-16(24-12-26(18)19)22(30)32-14-9-5-2-6-10-14/h1-12H. The van der Waals surface area contributed by atoms with E-state index in [4.69, 9.17) is 9.47 Å². The van der Waals surface area contributed by atoms with Crippen LogP contribution >= 0.6 is 0 Å². The highest BCUT2D eigenvalue weighted by Crippen LogP contribution is 2.15. The molecule has 3 heterocycles. The van der Waals surface area contributed by atoms with Crippen LogP contribution in [0.3, 0.4) is 0 Å². The Bertz CT molecular complexity index is 1470. The van der Waals surface area contributed by atoms with E-state index < -0.39 is 23.1 Å². The van der Waals surface area contributed by atoms with Gasteiger partial charge in [-0.05, 0) is 24.3 Å². The summed E-state index contributed by atoms with van der Waals surface area (Å²) in [6, 6.07) is 16.4. The Morgan fingerprint density at radius 2 is 1.00 bits per heavy atom. The van der Waals surface area contributed by atoms with Crippen LogP contribution in [-0.2, 0) is 0 Å². The Morgan fingerprint density at radius 3 is 1.38 bits per heavy atom. The summed E-state index contributed by atoms with van der Waals surface area (Å²) in [5.41, 5.74) is -2.76. The quantitative estimate of drug-likeness (QED) is 0.312. The highest BCUT2D eigenvalue weighted by molar-refractivity contribution is 5.98. The first-order valence-corrected chi connectivity index (χ1v) is 9.33. The zero-order valence-corrected chi connectivity index (χ0v) is 16.2. The van der Waals surface area contributed by atoms with Crippen LogP contribution in [0, 0.1) is 0 Å². The molecule has 0 spiro atoms. The van der Waals surface area contributed by atoms with Gasteiger partial charge in [0.1, 0.15) is 35.2 Å². The predicted molar refractivity (Wildman–Crippen MR) is 110 cm³/mol. The van der Waals surface area contributed by atoms with Crippen LogP contribution in [0.1, 0.15) is 21.0 Å². The number of esters is 2. The summed E-state index contributed by atoms with van der Waals surface area (Å²) < 4.78 is 12.2. The summed E-state index contributed by atoms with van der Waals surface area (Å²) in [7, 11) is 0. The lowest BCUT2D eigenvalue weighted by Gasteiger charge is -2.03. The van der Waals surface area contributed by atoms with Gasteiger partial charge in [0.15, 0.2) is 11.4 Å². The van der Waals surface area contributed by atoms with E-state index >= 15 is 0 Å². The average Bonchev–Trinajstić information content (AvgIpc) is 3.45. The molecule has 0 aliphatic heterocycles. The number of imidazole rings is 2. The minimum atomic E-state index is -0.904. The van der Waals surface area contributed by atoms with Crippen LogP contribution in [0.2, 0.25) is 0 Å². The number of fused-ring (bicyclic) bond motifs is 2. The van der Waals surface area contributed by atoms with Gasteiger partial charge in [-0.25, -0.2) is 19.6 Å². The molecule has 0 fully saturated rings. The Kier molecular flexibility index (Phi) is 4.44. The second-order valence-corrected chi connectivity index (χ2v) is 6.64. The monoisotopic (exact) mass is 428 g/mol. The van der Waals surface area contributed by atoms with Crippen molar-refractivity contribution in [1.29, 1.82) is 0 Å². The third kappa shape index (κ3) is 3.06. The molecule has 32 heavy (non-hydrogen) atoms. The smallest absolute Gasteiger partial charge is 0.364 e. The molecule has 0 saturated heterocycles. The maximum Gasteiger partial charge on any atom is 0.364 e. The second-order valence-electron chi connectivity index (χ2n) is 6.64. The molecule has 5 rings (SSSR count). The molecule has 10 heteroatoms. The second kappa shape index (κ2) is 7.43. The molecule has 0 atom stereocenters. The van der Waals surface area contributed by atoms with Gasteiger partial charge in [-0.3, -0.25) is 18.4 Å². The summed E-state index contributed by atoms with van der Waals surface area (Å²) in [4.78, 5) is 59.0. The van der Waals surface area contributed by atoms with Gasteiger partial charge in [-0.2, -0.15) is 0 Å². The van der Waals surface area contributed by atoms with Crippen LogP contribution in [-0.4, -0.2) is 30.7 Å². The Hall–Kier alpha value is -4.86. The van der Waals surface area contributed by atoms with Crippen LogP contribution in [0.25, 0.3) is 11.0 Å². The van der Waals surface area contributed by atoms with Gasteiger partial charge in [-0.15, -0.1) is 0 Å². The molecular formula is C22H12N4O6. The van der Waals surface area contributed by atoms with Crippen LogP contribution in [0.5, 0.6) is 11.5 Å². The van der Waals surface area contributed by atoms with E-state index in [0.717, 1.165) is 21.5 Å². The summed E-state index contributed by atoms with van der Waals surface area (Å²) in [6.07, 6.45) is 2.06. The molecule has 2 aromatic carbocycles. The van der Waals surface area contributed by atoms with Gasteiger partial charge >= 0.3 is 11.9 Å². The summed E-state index contributed by atoms with van der Waals surface area (Å²) in [6.45, 7) is 0. The van der Waals surface area contributed by atoms with Crippen molar-refractivity contribution in [2.45, 2.75) is 0 Å². The number of para-hydroxylation sites is 2. The van der Waals surface area contributed by atoms with Gasteiger partial charge in [0.2, 0.25) is 0 Å². The van der Waals surface area contributed by atoms with Crippen molar-refractivity contribution in [1.82, 2.24) is 18.8 Å². The normalized spacial score (nSPS) is 11.0. The van der Waals surface area contributed by atoms with Crippen molar-refractivity contribution in [2.24, 2.45) is 0 Å². The van der Waals surface area contributed by atoms with E-state index in [1.807, 2.05) is 0 Å². The molecule has 0 amide bonds. The molecule has 0 unspecified atom stereocenters. The minimum absolute atomic E-state index is 0.253. The fourth-order valence-corrected chi connectivity index (χ4v) is 3.23. The van der Waals surface area contributed by atoms with E-state index in [9.17, 15) is 19.2 Å². The molecular weight excluding hydrogens is 416 g/mol. The first-order chi connectivity index (χ1) is 15.5. The molecule has 0 bridgehead atoms. The van der Waals surface area contributed by atoms with Crippen molar-refractivity contribution >= 4 is 23.0 Å². The molecule has 10 nitrogen and oxygen atoms in total. The number of carbonyl (C=O) groups is 2. The van der Waals surface area contributed by atoms with E-state index in [2.05, 4.69) is 9.97 Å². The van der Waals surface area contributed by atoms with Gasteiger partial charge in [0.25, 0.3) is 11.1 Å².